The molecule has 0 radical (unpaired) electrons. The molecule has 0 bridgehead atoms. The van der Waals surface area contributed by atoms with Crippen LogP contribution < -0.4 is 0 Å². The molecular formula is C25H32FN3O2. The average molecular weight is 426 g/mol. The molecule has 31 heavy (non-hydrogen) atoms. The first-order valence-corrected chi connectivity index (χ1v) is 11.6. The molecule has 166 valence electrons. The number of carbonyl (C=O) groups is 2. The number of rotatable bonds is 6. The number of aromatic nitrogens is 1. The maximum atomic E-state index is 14.8. The Labute approximate surface area is 183 Å². The topological polar surface area (TPSA) is 45.6 Å². The molecular weight excluding hydrogens is 393 g/mol. The van der Waals surface area contributed by atoms with Crippen molar-refractivity contribution in [2.24, 2.45) is 5.92 Å². The molecule has 4 rings (SSSR count). The van der Waals surface area contributed by atoms with Crippen molar-refractivity contribution < 1.29 is 14.0 Å². The summed E-state index contributed by atoms with van der Waals surface area (Å²) in [6.45, 7) is 3.84. The van der Waals surface area contributed by atoms with Crippen molar-refractivity contribution in [2.45, 2.75) is 58.0 Å². The van der Waals surface area contributed by atoms with Crippen molar-refractivity contribution in [3.63, 3.8) is 0 Å². The molecule has 1 saturated carbocycles. The summed E-state index contributed by atoms with van der Waals surface area (Å²) in [5.74, 6) is -0.284. The Balaban J connectivity index is 1.58. The van der Waals surface area contributed by atoms with Gasteiger partial charge in [0.1, 0.15) is 11.9 Å². The van der Waals surface area contributed by atoms with Gasteiger partial charge in [0, 0.05) is 43.0 Å². The summed E-state index contributed by atoms with van der Waals surface area (Å²) in [5.41, 5.74) is 1.40. The van der Waals surface area contributed by atoms with Crippen LogP contribution in [-0.4, -0.2) is 45.8 Å². The summed E-state index contributed by atoms with van der Waals surface area (Å²) in [5, 5.41) is 0. The van der Waals surface area contributed by atoms with E-state index < -0.39 is 6.04 Å². The third-order valence-electron chi connectivity index (χ3n) is 6.64. The minimum absolute atomic E-state index is 0.0362. The van der Waals surface area contributed by atoms with Gasteiger partial charge in [-0.1, -0.05) is 44.4 Å². The standard InChI is InChI=1S/C25H32FN3O2/c1-2-14-28(25(31)19-9-4-3-5-10-19)18-23(30)29-17-16-27-15-8-13-22(27)24(29)20-11-6-7-12-21(20)26/h6-8,11-13,15,19,24H,2-5,9-10,14,16-18H2,1H3. The van der Waals surface area contributed by atoms with E-state index in [-0.39, 0.29) is 30.1 Å². The molecule has 2 aliphatic rings. The lowest BCUT2D eigenvalue weighted by Gasteiger charge is -2.39. The lowest BCUT2D eigenvalue weighted by molar-refractivity contribution is -0.145. The highest BCUT2D eigenvalue weighted by Gasteiger charge is 2.35. The van der Waals surface area contributed by atoms with Gasteiger partial charge in [0.25, 0.3) is 0 Å². The van der Waals surface area contributed by atoms with Crippen LogP contribution in [-0.2, 0) is 16.1 Å². The summed E-state index contributed by atoms with van der Waals surface area (Å²) in [4.78, 5) is 30.2. The molecule has 1 aliphatic heterocycles. The molecule has 5 nitrogen and oxygen atoms in total. The third kappa shape index (κ3) is 4.53. The van der Waals surface area contributed by atoms with Gasteiger partial charge in [-0.05, 0) is 37.5 Å². The maximum Gasteiger partial charge on any atom is 0.243 e. The number of nitrogens with zero attached hydrogens (tertiary/aromatic N) is 3. The van der Waals surface area contributed by atoms with Crippen molar-refractivity contribution in [3.05, 3.63) is 59.7 Å². The van der Waals surface area contributed by atoms with Crippen molar-refractivity contribution in [3.8, 4) is 0 Å². The van der Waals surface area contributed by atoms with E-state index in [1.807, 2.05) is 25.3 Å². The predicted octanol–water partition coefficient (Wildman–Crippen LogP) is 4.38. The average Bonchev–Trinajstić information content (AvgIpc) is 3.27. The Kier molecular flexibility index (Phi) is 6.73. The second kappa shape index (κ2) is 9.67. The minimum atomic E-state index is -0.481. The fraction of sp³-hybridized carbons (Fsp3) is 0.520. The lowest BCUT2D eigenvalue weighted by Crippen LogP contribution is -2.49. The zero-order valence-electron chi connectivity index (χ0n) is 18.3. The van der Waals surface area contributed by atoms with Gasteiger partial charge < -0.3 is 14.4 Å². The Morgan fingerprint density at radius 1 is 1.06 bits per heavy atom. The van der Waals surface area contributed by atoms with Crippen molar-refractivity contribution in [2.75, 3.05) is 19.6 Å². The monoisotopic (exact) mass is 425 g/mol. The number of hydrogen-bond donors (Lipinski definition) is 0. The highest BCUT2D eigenvalue weighted by atomic mass is 19.1. The summed E-state index contributed by atoms with van der Waals surface area (Å²) in [6.07, 6.45) is 7.98. The number of carbonyl (C=O) groups excluding carboxylic acids is 2. The molecule has 2 amide bonds. The highest BCUT2D eigenvalue weighted by Crippen LogP contribution is 2.34. The Morgan fingerprint density at radius 3 is 2.58 bits per heavy atom. The van der Waals surface area contributed by atoms with Crippen molar-refractivity contribution in [1.82, 2.24) is 14.4 Å². The molecule has 2 heterocycles. The van der Waals surface area contributed by atoms with Crippen molar-refractivity contribution >= 4 is 11.8 Å². The number of amides is 2. The summed E-state index contributed by atoms with van der Waals surface area (Å²) in [7, 11) is 0. The van der Waals surface area contributed by atoms with E-state index in [4.69, 9.17) is 0 Å². The number of halogens is 1. The van der Waals surface area contributed by atoms with Gasteiger partial charge in [-0.25, -0.2) is 4.39 Å². The van der Waals surface area contributed by atoms with Crippen LogP contribution in [0.5, 0.6) is 0 Å². The summed E-state index contributed by atoms with van der Waals surface area (Å²) < 4.78 is 16.8. The van der Waals surface area contributed by atoms with Crippen LogP contribution in [0.4, 0.5) is 4.39 Å². The Bertz CT molecular complexity index is 919. The molecule has 0 spiro atoms. The lowest BCUT2D eigenvalue weighted by atomic mass is 9.88. The molecule has 1 aromatic carbocycles. The zero-order chi connectivity index (χ0) is 21.8. The van der Waals surface area contributed by atoms with Crippen LogP contribution in [0.25, 0.3) is 0 Å². The smallest absolute Gasteiger partial charge is 0.243 e. The van der Waals surface area contributed by atoms with E-state index in [1.165, 1.54) is 12.5 Å². The van der Waals surface area contributed by atoms with Crippen LogP contribution >= 0.6 is 0 Å². The van der Waals surface area contributed by atoms with Gasteiger partial charge in [0.2, 0.25) is 11.8 Å². The summed E-state index contributed by atoms with van der Waals surface area (Å²) in [6, 6.07) is 10.1. The largest absolute Gasteiger partial charge is 0.348 e. The van der Waals surface area contributed by atoms with E-state index in [9.17, 15) is 14.0 Å². The third-order valence-corrected chi connectivity index (χ3v) is 6.64. The van der Waals surface area contributed by atoms with Crippen LogP contribution in [0, 0.1) is 11.7 Å². The molecule has 1 fully saturated rings. The molecule has 1 aromatic heterocycles. The second-order valence-electron chi connectivity index (χ2n) is 8.73. The molecule has 1 atom stereocenters. The number of benzene rings is 1. The van der Waals surface area contributed by atoms with E-state index in [1.54, 1.807) is 28.0 Å². The van der Waals surface area contributed by atoms with Crippen LogP contribution in [0.2, 0.25) is 0 Å². The van der Waals surface area contributed by atoms with Crippen molar-refractivity contribution in [1.29, 1.82) is 0 Å². The molecule has 6 heteroatoms. The van der Waals surface area contributed by atoms with Crippen LogP contribution in [0.15, 0.2) is 42.6 Å². The predicted molar refractivity (Wildman–Crippen MR) is 118 cm³/mol. The highest BCUT2D eigenvalue weighted by molar-refractivity contribution is 5.86. The summed E-state index contributed by atoms with van der Waals surface area (Å²) >= 11 is 0. The van der Waals surface area contributed by atoms with E-state index >= 15 is 0 Å². The second-order valence-corrected chi connectivity index (χ2v) is 8.73. The number of hydrogen-bond acceptors (Lipinski definition) is 2. The van der Waals surface area contributed by atoms with Gasteiger partial charge >= 0.3 is 0 Å². The zero-order valence-corrected chi connectivity index (χ0v) is 18.3. The van der Waals surface area contributed by atoms with Gasteiger partial charge in [0.05, 0.1) is 6.54 Å². The maximum absolute atomic E-state index is 14.8. The SMILES string of the molecule is CCCN(CC(=O)N1CCn2cccc2C1c1ccccc1F)C(=O)C1CCCCC1. The first-order chi connectivity index (χ1) is 15.1. The Hall–Kier alpha value is -2.63. The van der Waals surface area contributed by atoms with Gasteiger partial charge in [-0.2, -0.15) is 0 Å². The van der Waals surface area contributed by atoms with Gasteiger partial charge in [-0.15, -0.1) is 0 Å². The van der Waals surface area contributed by atoms with E-state index in [0.717, 1.165) is 37.8 Å². The molecule has 1 unspecified atom stereocenters. The van der Waals surface area contributed by atoms with Crippen LogP contribution in [0.1, 0.15) is 62.7 Å². The Morgan fingerprint density at radius 2 is 1.84 bits per heavy atom. The van der Waals surface area contributed by atoms with E-state index in [0.29, 0.717) is 25.2 Å². The minimum Gasteiger partial charge on any atom is -0.348 e. The fourth-order valence-electron chi connectivity index (χ4n) is 5.08. The number of fused-ring (bicyclic) bond motifs is 1. The first-order valence-electron chi connectivity index (χ1n) is 11.6. The van der Waals surface area contributed by atoms with Gasteiger partial charge in [0.15, 0.2) is 0 Å². The quantitative estimate of drug-likeness (QED) is 0.690. The molecule has 1 aliphatic carbocycles. The first kappa shape index (κ1) is 21.6. The van der Waals surface area contributed by atoms with Crippen LogP contribution in [0.3, 0.4) is 0 Å². The molecule has 0 saturated heterocycles. The molecule has 0 N–H and O–H groups in total. The molecule has 2 aromatic rings. The van der Waals surface area contributed by atoms with E-state index in [2.05, 4.69) is 4.57 Å². The normalized spacial score (nSPS) is 19.2. The fourth-order valence-corrected chi connectivity index (χ4v) is 5.08. The van der Waals surface area contributed by atoms with Gasteiger partial charge in [-0.3, -0.25) is 9.59 Å².